The van der Waals surface area contributed by atoms with E-state index >= 15 is 0 Å². The van der Waals surface area contributed by atoms with Gasteiger partial charge in [-0.05, 0) is 38.4 Å². The Morgan fingerprint density at radius 2 is 2.14 bits per heavy atom. The van der Waals surface area contributed by atoms with Crippen molar-refractivity contribution in [2.24, 2.45) is 0 Å². The Labute approximate surface area is 131 Å². The lowest BCUT2D eigenvalue weighted by atomic mass is 10.1. The summed E-state index contributed by atoms with van der Waals surface area (Å²) in [6, 6.07) is 5.32. The molecule has 0 spiro atoms. The minimum absolute atomic E-state index is 0.0101. The second-order valence-electron chi connectivity index (χ2n) is 5.36. The number of benzene rings is 1. The first-order chi connectivity index (χ1) is 9.95. The molecular formula is C14H22ClN3O2S. The summed E-state index contributed by atoms with van der Waals surface area (Å²) in [5.74, 6) is 0. The van der Waals surface area contributed by atoms with Gasteiger partial charge in [0.05, 0.1) is 10.7 Å². The van der Waals surface area contributed by atoms with Crippen LogP contribution in [0.25, 0.3) is 0 Å². The summed E-state index contributed by atoms with van der Waals surface area (Å²) in [7, 11) is -1.76. The molecule has 0 saturated carbocycles. The minimum atomic E-state index is -3.59. The highest BCUT2D eigenvalue weighted by molar-refractivity contribution is 7.90. The van der Waals surface area contributed by atoms with Gasteiger partial charge in [-0.25, -0.2) is 0 Å². The molecule has 5 nitrogen and oxygen atoms in total. The van der Waals surface area contributed by atoms with E-state index in [1.54, 1.807) is 16.4 Å². The highest BCUT2D eigenvalue weighted by Gasteiger charge is 2.32. The van der Waals surface area contributed by atoms with Crippen molar-refractivity contribution in [3.8, 4) is 0 Å². The van der Waals surface area contributed by atoms with Gasteiger partial charge in [-0.3, -0.25) is 4.72 Å². The molecule has 1 fully saturated rings. The van der Waals surface area contributed by atoms with Crippen molar-refractivity contribution in [2.45, 2.75) is 32.2 Å². The second-order valence-corrected chi connectivity index (χ2v) is 7.39. The summed E-state index contributed by atoms with van der Waals surface area (Å²) < 4.78 is 29.5. The average molecular weight is 332 g/mol. The molecule has 1 aromatic rings. The topological polar surface area (TPSA) is 61.4 Å². The first-order valence-corrected chi connectivity index (χ1v) is 8.97. The Hall–Kier alpha value is -0.820. The molecule has 0 bridgehead atoms. The lowest BCUT2D eigenvalue weighted by Crippen LogP contribution is -2.50. The van der Waals surface area contributed by atoms with Gasteiger partial charge in [0.15, 0.2) is 0 Å². The van der Waals surface area contributed by atoms with E-state index in [1.807, 2.05) is 20.0 Å². The maximum atomic E-state index is 12.7. The molecule has 1 aliphatic heterocycles. The summed E-state index contributed by atoms with van der Waals surface area (Å²) in [5, 5.41) is 3.48. The Morgan fingerprint density at radius 3 is 2.81 bits per heavy atom. The van der Waals surface area contributed by atoms with E-state index in [0.717, 1.165) is 24.8 Å². The van der Waals surface area contributed by atoms with Crippen LogP contribution in [-0.4, -0.2) is 38.9 Å². The number of aryl methyl sites for hydroxylation is 1. The van der Waals surface area contributed by atoms with Crippen LogP contribution in [0, 0.1) is 6.92 Å². The number of likely N-dealkylation sites (N-methyl/N-ethyl adjacent to an activating group) is 1. The Bertz CT molecular complexity index is 570. The molecule has 1 aromatic carbocycles. The van der Waals surface area contributed by atoms with Crippen molar-refractivity contribution < 1.29 is 8.42 Å². The van der Waals surface area contributed by atoms with E-state index in [-0.39, 0.29) is 6.04 Å². The van der Waals surface area contributed by atoms with Crippen molar-refractivity contribution >= 4 is 27.5 Å². The molecule has 0 amide bonds. The third-order valence-electron chi connectivity index (χ3n) is 3.77. The van der Waals surface area contributed by atoms with Crippen LogP contribution < -0.4 is 10.0 Å². The molecule has 118 valence electrons. The van der Waals surface area contributed by atoms with Gasteiger partial charge in [0.1, 0.15) is 0 Å². The number of anilines is 1. The van der Waals surface area contributed by atoms with E-state index < -0.39 is 10.2 Å². The third kappa shape index (κ3) is 3.88. The van der Waals surface area contributed by atoms with Crippen molar-refractivity contribution in [2.75, 3.05) is 24.9 Å². The standard InChI is InChI=1S/C14H22ClN3O2S/c1-11-6-5-8-13(15)14(11)17-21(19,20)18-9-4-3-7-12(18)10-16-2/h5-6,8,12,16-17H,3-4,7,9-10H2,1-2H3. The number of rotatable bonds is 5. The van der Waals surface area contributed by atoms with E-state index in [9.17, 15) is 8.42 Å². The molecule has 1 unspecified atom stereocenters. The number of nitrogens with one attached hydrogen (secondary N) is 2. The van der Waals surface area contributed by atoms with Crippen LogP contribution in [0.15, 0.2) is 18.2 Å². The maximum Gasteiger partial charge on any atom is 0.301 e. The SMILES string of the molecule is CNCC1CCCCN1S(=O)(=O)Nc1c(C)cccc1Cl. The molecule has 2 N–H and O–H groups in total. The zero-order valence-electron chi connectivity index (χ0n) is 12.4. The maximum absolute atomic E-state index is 12.7. The lowest BCUT2D eigenvalue weighted by molar-refractivity contribution is 0.250. The molecule has 1 saturated heterocycles. The van der Waals surface area contributed by atoms with Crippen molar-refractivity contribution in [1.29, 1.82) is 0 Å². The number of piperidine rings is 1. The fraction of sp³-hybridized carbons (Fsp3) is 0.571. The van der Waals surface area contributed by atoms with Crippen LogP contribution in [0.1, 0.15) is 24.8 Å². The van der Waals surface area contributed by atoms with Crippen LogP contribution in [0.2, 0.25) is 5.02 Å². The summed E-state index contributed by atoms with van der Waals surface area (Å²) in [6.45, 7) is 3.04. The number of hydrogen-bond acceptors (Lipinski definition) is 3. The smallest absolute Gasteiger partial charge is 0.301 e. The van der Waals surface area contributed by atoms with E-state index in [2.05, 4.69) is 10.0 Å². The van der Waals surface area contributed by atoms with Crippen LogP contribution in [0.5, 0.6) is 0 Å². The fourth-order valence-corrected chi connectivity index (χ4v) is 4.59. The van der Waals surface area contributed by atoms with Gasteiger partial charge >= 0.3 is 10.2 Å². The summed E-state index contributed by atoms with van der Waals surface area (Å²) in [4.78, 5) is 0. The van der Waals surface area contributed by atoms with Gasteiger partial charge < -0.3 is 5.32 Å². The van der Waals surface area contributed by atoms with Gasteiger partial charge in [0.25, 0.3) is 0 Å². The van der Waals surface area contributed by atoms with Gasteiger partial charge in [-0.1, -0.05) is 30.2 Å². The average Bonchev–Trinajstić information content (AvgIpc) is 2.44. The highest BCUT2D eigenvalue weighted by atomic mass is 35.5. The number of nitrogens with zero attached hydrogens (tertiary/aromatic N) is 1. The van der Waals surface area contributed by atoms with E-state index in [1.165, 1.54) is 0 Å². The van der Waals surface area contributed by atoms with Gasteiger partial charge in [0.2, 0.25) is 0 Å². The number of hydrogen-bond donors (Lipinski definition) is 2. The van der Waals surface area contributed by atoms with Crippen LogP contribution in [0.3, 0.4) is 0 Å². The third-order valence-corrected chi connectivity index (χ3v) is 5.65. The lowest BCUT2D eigenvalue weighted by Gasteiger charge is -2.34. The molecule has 0 aromatic heterocycles. The fourth-order valence-electron chi connectivity index (χ4n) is 2.68. The largest absolute Gasteiger partial charge is 0.318 e. The first kappa shape index (κ1) is 16.5. The normalized spacial score (nSPS) is 20.4. The summed E-state index contributed by atoms with van der Waals surface area (Å²) in [6.07, 6.45) is 2.83. The van der Waals surface area contributed by atoms with Crippen LogP contribution in [0.4, 0.5) is 5.69 Å². The molecule has 1 aliphatic rings. The molecule has 2 rings (SSSR count). The van der Waals surface area contributed by atoms with E-state index in [0.29, 0.717) is 23.8 Å². The Balaban J connectivity index is 2.24. The molecule has 1 heterocycles. The van der Waals surface area contributed by atoms with Crippen molar-refractivity contribution in [1.82, 2.24) is 9.62 Å². The Morgan fingerprint density at radius 1 is 1.38 bits per heavy atom. The number of halogens is 1. The molecular weight excluding hydrogens is 310 g/mol. The predicted octanol–water partition coefficient (Wildman–Crippen LogP) is 2.38. The molecule has 0 radical (unpaired) electrons. The predicted molar refractivity (Wildman–Crippen MR) is 87.0 cm³/mol. The Kier molecular flexibility index (Phi) is 5.48. The summed E-state index contributed by atoms with van der Waals surface area (Å²) in [5.41, 5.74) is 1.28. The van der Waals surface area contributed by atoms with Crippen molar-refractivity contribution in [3.05, 3.63) is 28.8 Å². The summed E-state index contributed by atoms with van der Waals surface area (Å²) >= 11 is 6.11. The van der Waals surface area contributed by atoms with Gasteiger partial charge in [-0.15, -0.1) is 0 Å². The number of para-hydroxylation sites is 1. The quantitative estimate of drug-likeness (QED) is 0.870. The highest BCUT2D eigenvalue weighted by Crippen LogP contribution is 2.28. The van der Waals surface area contributed by atoms with Crippen LogP contribution in [-0.2, 0) is 10.2 Å². The zero-order valence-corrected chi connectivity index (χ0v) is 14.0. The first-order valence-electron chi connectivity index (χ1n) is 7.15. The molecule has 0 aliphatic carbocycles. The molecule has 1 atom stereocenters. The second kappa shape index (κ2) is 6.96. The zero-order chi connectivity index (χ0) is 15.5. The molecule has 7 heteroatoms. The monoisotopic (exact) mass is 331 g/mol. The van der Waals surface area contributed by atoms with E-state index in [4.69, 9.17) is 11.6 Å². The molecule has 21 heavy (non-hydrogen) atoms. The minimum Gasteiger partial charge on any atom is -0.318 e. The van der Waals surface area contributed by atoms with Crippen LogP contribution >= 0.6 is 11.6 Å². The van der Waals surface area contributed by atoms with Gasteiger partial charge in [-0.2, -0.15) is 12.7 Å². The van der Waals surface area contributed by atoms with Crippen molar-refractivity contribution in [3.63, 3.8) is 0 Å². The van der Waals surface area contributed by atoms with Gasteiger partial charge in [0, 0.05) is 19.1 Å².